The van der Waals surface area contributed by atoms with Crippen LogP contribution in [0.3, 0.4) is 0 Å². The number of hydrogen-bond donors (Lipinski definition) is 0. The summed E-state index contributed by atoms with van der Waals surface area (Å²) in [5.74, 6) is 0.672. The van der Waals surface area contributed by atoms with Crippen LogP contribution < -0.4 is 4.74 Å². The third-order valence-electron chi connectivity index (χ3n) is 3.99. The van der Waals surface area contributed by atoms with Gasteiger partial charge < -0.3 is 4.74 Å². The highest BCUT2D eigenvalue weighted by Crippen LogP contribution is 2.25. The topological polar surface area (TPSA) is 63.7 Å². The van der Waals surface area contributed by atoms with Gasteiger partial charge in [0.25, 0.3) is 0 Å². The van der Waals surface area contributed by atoms with E-state index in [4.69, 9.17) is 4.74 Å². The maximum Gasteiger partial charge on any atom is 0.214 e. The zero-order valence-electron chi connectivity index (χ0n) is 13.1. The van der Waals surface area contributed by atoms with Gasteiger partial charge in [0, 0.05) is 12.1 Å². The molecular weight excluding hydrogens is 302 g/mol. The fourth-order valence-corrected chi connectivity index (χ4v) is 4.61. The van der Waals surface area contributed by atoms with Gasteiger partial charge in [-0.25, -0.2) is 8.42 Å². The van der Waals surface area contributed by atoms with E-state index in [-0.39, 0.29) is 11.5 Å². The van der Waals surface area contributed by atoms with Crippen LogP contribution in [0, 0.1) is 0 Å². The van der Waals surface area contributed by atoms with Crippen LogP contribution in [0.2, 0.25) is 0 Å². The smallest absolute Gasteiger partial charge is 0.214 e. The van der Waals surface area contributed by atoms with E-state index in [1.807, 2.05) is 6.92 Å². The first-order valence-electron chi connectivity index (χ1n) is 7.67. The van der Waals surface area contributed by atoms with E-state index in [2.05, 4.69) is 0 Å². The lowest BCUT2D eigenvalue weighted by Gasteiger charge is -2.23. The molecule has 0 saturated carbocycles. The molecule has 6 heteroatoms. The molecule has 5 nitrogen and oxygen atoms in total. The van der Waals surface area contributed by atoms with Crippen LogP contribution in [-0.4, -0.2) is 44.0 Å². The molecule has 0 radical (unpaired) electrons. The summed E-state index contributed by atoms with van der Waals surface area (Å²) in [5.41, 5.74) is 0.531. The zero-order chi connectivity index (χ0) is 16.2. The number of unbranched alkanes of at least 4 members (excludes halogenated alkanes) is 1. The lowest BCUT2D eigenvalue weighted by molar-refractivity contribution is 0.0918. The predicted molar refractivity (Wildman–Crippen MR) is 85.7 cm³/mol. The average Bonchev–Trinajstić information content (AvgIpc) is 3.03. The summed E-state index contributed by atoms with van der Waals surface area (Å²) in [7, 11) is -1.78. The number of nitrogens with zero attached hydrogens (tertiary/aromatic N) is 1. The van der Waals surface area contributed by atoms with E-state index in [9.17, 15) is 13.2 Å². The van der Waals surface area contributed by atoms with Gasteiger partial charge in [0.05, 0.1) is 18.9 Å². The fourth-order valence-electron chi connectivity index (χ4n) is 2.73. The second-order valence-corrected chi connectivity index (χ2v) is 7.57. The van der Waals surface area contributed by atoms with Gasteiger partial charge in [0.15, 0.2) is 5.78 Å². The second kappa shape index (κ2) is 7.24. The number of Topliss-reactive ketones (excluding diaryl/α,β-unsaturated/α-hetero) is 1. The number of rotatable bonds is 7. The molecule has 2 rings (SSSR count). The number of methoxy groups -OCH3 is 1. The highest BCUT2D eigenvalue weighted by molar-refractivity contribution is 7.89. The van der Waals surface area contributed by atoms with E-state index in [1.165, 1.54) is 4.31 Å². The number of ether oxygens (including phenoxy) is 1. The molecule has 0 aliphatic carbocycles. The van der Waals surface area contributed by atoms with Gasteiger partial charge >= 0.3 is 0 Å². The van der Waals surface area contributed by atoms with Gasteiger partial charge in [0.1, 0.15) is 5.75 Å². The van der Waals surface area contributed by atoms with E-state index < -0.39 is 16.1 Å². The first-order chi connectivity index (χ1) is 10.5. The number of benzene rings is 1. The molecule has 0 spiro atoms. The van der Waals surface area contributed by atoms with Crippen molar-refractivity contribution in [2.75, 3.05) is 19.4 Å². The maximum absolute atomic E-state index is 12.6. The molecule has 122 valence electrons. The van der Waals surface area contributed by atoms with E-state index in [0.29, 0.717) is 30.7 Å². The Morgan fingerprint density at radius 2 is 2.00 bits per heavy atom. The highest BCUT2D eigenvalue weighted by atomic mass is 32.2. The van der Waals surface area contributed by atoms with Crippen molar-refractivity contribution in [1.82, 2.24) is 4.31 Å². The van der Waals surface area contributed by atoms with Crippen molar-refractivity contribution in [2.24, 2.45) is 0 Å². The Hall–Kier alpha value is -1.40. The van der Waals surface area contributed by atoms with E-state index in [0.717, 1.165) is 12.8 Å². The van der Waals surface area contributed by atoms with E-state index >= 15 is 0 Å². The van der Waals surface area contributed by atoms with Crippen molar-refractivity contribution in [2.45, 2.75) is 38.6 Å². The van der Waals surface area contributed by atoms with Crippen LogP contribution in [0.1, 0.15) is 43.0 Å². The highest BCUT2D eigenvalue weighted by Gasteiger charge is 2.38. The third-order valence-corrected chi connectivity index (χ3v) is 5.95. The van der Waals surface area contributed by atoms with Crippen LogP contribution in [0.4, 0.5) is 0 Å². The van der Waals surface area contributed by atoms with Crippen LogP contribution in [-0.2, 0) is 10.0 Å². The first kappa shape index (κ1) is 17.0. The van der Waals surface area contributed by atoms with Gasteiger partial charge in [-0.2, -0.15) is 4.31 Å². The molecule has 1 fully saturated rings. The largest absolute Gasteiger partial charge is 0.497 e. The molecule has 0 bridgehead atoms. The number of sulfonamides is 1. The Labute approximate surface area is 132 Å². The van der Waals surface area contributed by atoms with Gasteiger partial charge in [-0.1, -0.05) is 13.3 Å². The number of ketones is 1. The van der Waals surface area contributed by atoms with Crippen molar-refractivity contribution in [3.8, 4) is 5.75 Å². The van der Waals surface area contributed by atoms with Crippen molar-refractivity contribution >= 4 is 15.8 Å². The summed E-state index contributed by atoms with van der Waals surface area (Å²) in [4.78, 5) is 12.6. The van der Waals surface area contributed by atoms with Crippen LogP contribution in [0.15, 0.2) is 24.3 Å². The van der Waals surface area contributed by atoms with Gasteiger partial charge in [-0.15, -0.1) is 0 Å². The molecule has 0 amide bonds. The number of carbonyl (C=O) groups excluding carboxylic acids is 1. The van der Waals surface area contributed by atoms with Gasteiger partial charge in [-0.05, 0) is 43.5 Å². The van der Waals surface area contributed by atoms with Crippen molar-refractivity contribution in [1.29, 1.82) is 0 Å². The molecule has 1 aromatic carbocycles. The second-order valence-electron chi connectivity index (χ2n) is 5.53. The number of carbonyl (C=O) groups is 1. The molecule has 1 aliphatic heterocycles. The molecule has 1 aliphatic rings. The van der Waals surface area contributed by atoms with Crippen molar-refractivity contribution in [3.63, 3.8) is 0 Å². The molecule has 1 saturated heterocycles. The minimum absolute atomic E-state index is 0.121. The summed E-state index contributed by atoms with van der Waals surface area (Å²) >= 11 is 0. The molecular formula is C16H23NO4S. The molecule has 0 aromatic heterocycles. The Morgan fingerprint density at radius 1 is 1.32 bits per heavy atom. The third kappa shape index (κ3) is 3.67. The quantitative estimate of drug-likeness (QED) is 0.723. The van der Waals surface area contributed by atoms with Gasteiger partial charge in [-0.3, -0.25) is 4.79 Å². The summed E-state index contributed by atoms with van der Waals surface area (Å²) in [5, 5.41) is 0. The average molecular weight is 325 g/mol. The van der Waals surface area contributed by atoms with Gasteiger partial charge in [0.2, 0.25) is 10.0 Å². The zero-order valence-corrected chi connectivity index (χ0v) is 13.9. The first-order valence-corrected chi connectivity index (χ1v) is 9.28. The monoisotopic (exact) mass is 325 g/mol. The molecule has 0 N–H and O–H groups in total. The summed E-state index contributed by atoms with van der Waals surface area (Å²) in [6.45, 7) is 2.40. The lowest BCUT2D eigenvalue weighted by atomic mass is 10.0. The molecule has 1 atom stereocenters. The Kier molecular flexibility index (Phi) is 5.58. The van der Waals surface area contributed by atoms with Crippen LogP contribution in [0.25, 0.3) is 0 Å². The minimum Gasteiger partial charge on any atom is -0.497 e. The summed E-state index contributed by atoms with van der Waals surface area (Å²) < 4.78 is 31.3. The standard InChI is InChI=1S/C16H23NO4S/c1-3-4-12-22(19,20)17-11-5-6-15(17)16(18)13-7-9-14(21-2)10-8-13/h7-10,15H,3-6,11-12H2,1-2H3. The normalized spacial score (nSPS) is 19.3. The molecule has 22 heavy (non-hydrogen) atoms. The van der Waals surface area contributed by atoms with Crippen molar-refractivity contribution in [3.05, 3.63) is 29.8 Å². The summed E-state index contributed by atoms with van der Waals surface area (Å²) in [6, 6.07) is 6.26. The van der Waals surface area contributed by atoms with Crippen LogP contribution in [0.5, 0.6) is 5.75 Å². The number of hydrogen-bond acceptors (Lipinski definition) is 4. The Balaban J connectivity index is 2.17. The van der Waals surface area contributed by atoms with E-state index in [1.54, 1.807) is 31.4 Å². The van der Waals surface area contributed by atoms with Crippen molar-refractivity contribution < 1.29 is 17.9 Å². The molecule has 1 heterocycles. The van der Waals surface area contributed by atoms with Crippen LogP contribution >= 0.6 is 0 Å². The Bertz CT molecular complexity index is 610. The fraction of sp³-hybridized carbons (Fsp3) is 0.562. The Morgan fingerprint density at radius 3 is 2.59 bits per heavy atom. The minimum atomic E-state index is -3.35. The maximum atomic E-state index is 12.6. The summed E-state index contributed by atoms with van der Waals surface area (Å²) in [6.07, 6.45) is 2.78. The molecule has 1 aromatic rings. The predicted octanol–water partition coefficient (Wildman–Crippen LogP) is 2.47. The lowest BCUT2D eigenvalue weighted by Crippen LogP contribution is -2.41. The SMILES string of the molecule is CCCCS(=O)(=O)N1CCCC1C(=O)c1ccc(OC)cc1. The molecule has 1 unspecified atom stereocenters.